The lowest BCUT2D eigenvalue weighted by molar-refractivity contribution is 0.0970. The summed E-state index contributed by atoms with van der Waals surface area (Å²) in [6, 6.07) is 5.96. The predicted molar refractivity (Wildman–Crippen MR) is 76.5 cm³/mol. The number of aromatic nitrogens is 2. The molecule has 3 nitrogen and oxygen atoms in total. The van der Waals surface area contributed by atoms with E-state index in [-0.39, 0.29) is 5.78 Å². The smallest absolute Gasteiger partial charge is 0.182 e. The molecule has 0 unspecified atom stereocenters. The molecule has 1 aromatic heterocycles. The van der Waals surface area contributed by atoms with E-state index in [0.29, 0.717) is 6.54 Å². The SMILES string of the molecule is CCCc1nccn1CC(=O)c1ccc(C)cc1C. The number of carbonyl (C=O) groups is 1. The van der Waals surface area contributed by atoms with Crippen molar-refractivity contribution in [2.24, 2.45) is 0 Å². The van der Waals surface area contributed by atoms with Crippen LogP contribution in [0.2, 0.25) is 0 Å². The van der Waals surface area contributed by atoms with E-state index in [1.807, 2.05) is 42.8 Å². The number of hydrogen-bond acceptors (Lipinski definition) is 2. The molecule has 0 bridgehead atoms. The Morgan fingerprint density at radius 1 is 1.32 bits per heavy atom. The molecule has 2 rings (SSSR count). The molecule has 0 aliphatic rings. The third kappa shape index (κ3) is 3.11. The molecule has 0 amide bonds. The maximum absolute atomic E-state index is 12.4. The lowest BCUT2D eigenvalue weighted by Crippen LogP contribution is -2.13. The molecule has 1 heterocycles. The lowest BCUT2D eigenvalue weighted by Gasteiger charge is -2.09. The Kier molecular flexibility index (Phi) is 4.15. The fourth-order valence-corrected chi connectivity index (χ4v) is 2.30. The van der Waals surface area contributed by atoms with Crippen LogP contribution in [0.15, 0.2) is 30.6 Å². The van der Waals surface area contributed by atoms with Gasteiger partial charge in [0.25, 0.3) is 0 Å². The van der Waals surface area contributed by atoms with Crippen LogP contribution in [-0.2, 0) is 13.0 Å². The zero-order valence-corrected chi connectivity index (χ0v) is 11.8. The summed E-state index contributed by atoms with van der Waals surface area (Å²) in [5.41, 5.74) is 3.03. The third-order valence-corrected chi connectivity index (χ3v) is 3.27. The lowest BCUT2D eigenvalue weighted by atomic mass is 10.0. The molecule has 0 aliphatic heterocycles. The van der Waals surface area contributed by atoms with Crippen molar-refractivity contribution >= 4 is 5.78 Å². The van der Waals surface area contributed by atoms with Gasteiger partial charge >= 0.3 is 0 Å². The van der Waals surface area contributed by atoms with Gasteiger partial charge in [0.05, 0.1) is 6.54 Å². The molecule has 2 aromatic rings. The van der Waals surface area contributed by atoms with E-state index >= 15 is 0 Å². The molecule has 0 saturated heterocycles. The monoisotopic (exact) mass is 256 g/mol. The number of carbonyl (C=O) groups excluding carboxylic acids is 1. The number of hydrogen-bond donors (Lipinski definition) is 0. The third-order valence-electron chi connectivity index (χ3n) is 3.27. The molecule has 100 valence electrons. The Morgan fingerprint density at radius 2 is 2.11 bits per heavy atom. The molecular weight excluding hydrogens is 236 g/mol. The molecule has 19 heavy (non-hydrogen) atoms. The largest absolute Gasteiger partial charge is 0.327 e. The fraction of sp³-hybridized carbons (Fsp3) is 0.375. The van der Waals surface area contributed by atoms with Gasteiger partial charge in [0.15, 0.2) is 5.78 Å². The quantitative estimate of drug-likeness (QED) is 0.769. The summed E-state index contributed by atoms with van der Waals surface area (Å²) < 4.78 is 1.95. The number of nitrogens with zero attached hydrogens (tertiary/aromatic N) is 2. The number of ketones is 1. The van der Waals surface area contributed by atoms with Crippen molar-refractivity contribution in [2.75, 3.05) is 0 Å². The molecule has 0 aliphatic carbocycles. The minimum Gasteiger partial charge on any atom is -0.327 e. The van der Waals surface area contributed by atoms with Crippen LogP contribution in [0, 0.1) is 13.8 Å². The number of rotatable bonds is 5. The normalized spacial score (nSPS) is 10.7. The van der Waals surface area contributed by atoms with E-state index in [4.69, 9.17) is 0 Å². The summed E-state index contributed by atoms with van der Waals surface area (Å²) in [6.45, 7) is 6.52. The fourth-order valence-electron chi connectivity index (χ4n) is 2.30. The number of imidazole rings is 1. The van der Waals surface area contributed by atoms with Crippen molar-refractivity contribution in [3.63, 3.8) is 0 Å². The van der Waals surface area contributed by atoms with Crippen LogP contribution in [0.1, 0.15) is 40.7 Å². The van der Waals surface area contributed by atoms with Gasteiger partial charge in [-0.25, -0.2) is 4.98 Å². The molecule has 0 spiro atoms. The second-order valence-corrected chi connectivity index (χ2v) is 4.96. The van der Waals surface area contributed by atoms with Gasteiger partial charge in [-0.3, -0.25) is 4.79 Å². The van der Waals surface area contributed by atoms with Gasteiger partial charge in [-0.2, -0.15) is 0 Å². The van der Waals surface area contributed by atoms with E-state index in [1.54, 1.807) is 6.20 Å². The first-order valence-corrected chi connectivity index (χ1v) is 6.72. The van der Waals surface area contributed by atoms with E-state index in [0.717, 1.165) is 29.8 Å². The van der Waals surface area contributed by atoms with Crippen LogP contribution in [0.4, 0.5) is 0 Å². The van der Waals surface area contributed by atoms with Crippen LogP contribution < -0.4 is 0 Å². The molecule has 0 atom stereocenters. The second-order valence-electron chi connectivity index (χ2n) is 4.96. The van der Waals surface area contributed by atoms with E-state index < -0.39 is 0 Å². The summed E-state index contributed by atoms with van der Waals surface area (Å²) in [6.07, 6.45) is 5.59. The van der Waals surface area contributed by atoms with Crippen molar-refractivity contribution < 1.29 is 4.79 Å². The summed E-state index contributed by atoms with van der Waals surface area (Å²) >= 11 is 0. The van der Waals surface area contributed by atoms with Gasteiger partial charge in [0.1, 0.15) is 5.82 Å². The minimum atomic E-state index is 0.146. The summed E-state index contributed by atoms with van der Waals surface area (Å²) in [5, 5.41) is 0. The molecular formula is C16H20N2O. The Bertz CT molecular complexity index is 584. The maximum atomic E-state index is 12.4. The van der Waals surface area contributed by atoms with Crippen molar-refractivity contribution in [1.29, 1.82) is 0 Å². The van der Waals surface area contributed by atoms with Crippen molar-refractivity contribution in [3.8, 4) is 0 Å². The number of benzene rings is 1. The molecule has 0 saturated carbocycles. The topological polar surface area (TPSA) is 34.9 Å². The van der Waals surface area contributed by atoms with E-state index in [9.17, 15) is 4.79 Å². The number of Topliss-reactive ketones (excluding diaryl/α,β-unsaturated/α-hetero) is 1. The molecule has 1 aromatic carbocycles. The van der Waals surface area contributed by atoms with Gasteiger partial charge in [0.2, 0.25) is 0 Å². The van der Waals surface area contributed by atoms with Gasteiger partial charge < -0.3 is 4.57 Å². The average molecular weight is 256 g/mol. The average Bonchev–Trinajstić information content (AvgIpc) is 2.77. The minimum absolute atomic E-state index is 0.146. The zero-order chi connectivity index (χ0) is 13.8. The van der Waals surface area contributed by atoms with Gasteiger partial charge in [-0.05, 0) is 25.8 Å². The van der Waals surface area contributed by atoms with E-state index in [2.05, 4.69) is 11.9 Å². The maximum Gasteiger partial charge on any atom is 0.182 e. The Morgan fingerprint density at radius 3 is 2.79 bits per heavy atom. The van der Waals surface area contributed by atoms with Gasteiger partial charge in [-0.1, -0.05) is 30.7 Å². The predicted octanol–water partition coefficient (Wildman–Crippen LogP) is 3.34. The highest BCUT2D eigenvalue weighted by atomic mass is 16.1. The molecule has 0 N–H and O–H groups in total. The standard InChI is InChI=1S/C16H20N2O/c1-4-5-16-17-8-9-18(16)11-15(19)14-7-6-12(2)10-13(14)3/h6-10H,4-5,11H2,1-3H3. The van der Waals surface area contributed by atoms with E-state index in [1.165, 1.54) is 5.56 Å². The summed E-state index contributed by atoms with van der Waals surface area (Å²) in [5.74, 6) is 1.13. The Labute approximate surface area is 114 Å². The highest BCUT2D eigenvalue weighted by molar-refractivity contribution is 5.97. The Hall–Kier alpha value is -1.90. The first-order chi connectivity index (χ1) is 9.11. The Balaban J connectivity index is 2.18. The summed E-state index contributed by atoms with van der Waals surface area (Å²) in [7, 11) is 0. The highest BCUT2D eigenvalue weighted by Crippen LogP contribution is 2.13. The van der Waals surface area contributed by atoms with Crippen molar-refractivity contribution in [2.45, 2.75) is 40.2 Å². The second kappa shape index (κ2) is 5.83. The van der Waals surface area contributed by atoms with Crippen LogP contribution in [0.3, 0.4) is 0 Å². The van der Waals surface area contributed by atoms with Gasteiger partial charge in [0, 0.05) is 24.4 Å². The molecule has 0 fully saturated rings. The highest BCUT2D eigenvalue weighted by Gasteiger charge is 2.11. The first kappa shape index (κ1) is 13.5. The zero-order valence-electron chi connectivity index (χ0n) is 11.8. The van der Waals surface area contributed by atoms with Crippen LogP contribution >= 0.6 is 0 Å². The van der Waals surface area contributed by atoms with Crippen molar-refractivity contribution in [3.05, 3.63) is 53.1 Å². The van der Waals surface area contributed by atoms with Crippen LogP contribution in [0.25, 0.3) is 0 Å². The molecule has 3 heteroatoms. The summed E-state index contributed by atoms with van der Waals surface area (Å²) in [4.78, 5) is 16.7. The van der Waals surface area contributed by atoms with Crippen LogP contribution in [-0.4, -0.2) is 15.3 Å². The first-order valence-electron chi connectivity index (χ1n) is 6.72. The van der Waals surface area contributed by atoms with Crippen LogP contribution in [0.5, 0.6) is 0 Å². The number of aryl methyl sites for hydroxylation is 3. The van der Waals surface area contributed by atoms with Crippen molar-refractivity contribution in [1.82, 2.24) is 9.55 Å². The molecule has 0 radical (unpaired) electrons. The van der Waals surface area contributed by atoms with Gasteiger partial charge in [-0.15, -0.1) is 0 Å².